The molecule has 3 rings (SSSR count). The van der Waals surface area contributed by atoms with Crippen LogP contribution in [0.25, 0.3) is 10.2 Å². The molecule has 0 amide bonds. The van der Waals surface area contributed by atoms with E-state index in [2.05, 4.69) is 9.97 Å². The molecule has 0 fully saturated rings. The Kier molecular flexibility index (Phi) is 4.69. The molecule has 0 saturated carbocycles. The molecule has 0 unspecified atom stereocenters. The Hall–Kier alpha value is -2.51. The van der Waals surface area contributed by atoms with Gasteiger partial charge in [0.1, 0.15) is 4.83 Å². The second-order valence-electron chi connectivity index (χ2n) is 5.82. The molecular weight excluding hydrogens is 340 g/mol. The minimum atomic E-state index is -0.690. The monoisotopic (exact) mass is 358 g/mol. The van der Waals surface area contributed by atoms with Crippen molar-refractivity contribution < 1.29 is 14.6 Å². The fourth-order valence-electron chi connectivity index (χ4n) is 2.49. The number of aliphatic hydroxyl groups excluding tert-OH is 1. The maximum Gasteiger partial charge on any atom is 0.338 e. The van der Waals surface area contributed by atoms with Crippen molar-refractivity contribution in [1.29, 1.82) is 0 Å². The van der Waals surface area contributed by atoms with Crippen LogP contribution in [0.5, 0.6) is 0 Å². The van der Waals surface area contributed by atoms with Crippen molar-refractivity contribution in [3.63, 3.8) is 0 Å². The molecule has 1 aromatic carbocycles. The highest BCUT2D eigenvalue weighted by atomic mass is 32.1. The van der Waals surface area contributed by atoms with E-state index in [1.54, 1.807) is 31.2 Å². The molecule has 0 aliphatic heterocycles. The fourth-order valence-corrected chi connectivity index (χ4v) is 3.53. The molecule has 0 aliphatic carbocycles. The Bertz CT molecular complexity index is 989. The van der Waals surface area contributed by atoms with E-state index in [0.29, 0.717) is 27.2 Å². The molecular formula is C18H18N2O4S. The van der Waals surface area contributed by atoms with Gasteiger partial charge in [-0.05, 0) is 44.0 Å². The fraction of sp³-hybridized carbons (Fsp3) is 0.278. The zero-order valence-electron chi connectivity index (χ0n) is 14.1. The normalized spacial score (nSPS) is 12.3. The summed E-state index contributed by atoms with van der Waals surface area (Å²) in [6.07, 6.45) is -0.690. The topological polar surface area (TPSA) is 92.3 Å². The van der Waals surface area contributed by atoms with Gasteiger partial charge in [0.15, 0.2) is 11.9 Å². The molecule has 7 heteroatoms. The number of hydrogen-bond acceptors (Lipinski definition) is 6. The molecule has 25 heavy (non-hydrogen) atoms. The van der Waals surface area contributed by atoms with E-state index >= 15 is 0 Å². The van der Waals surface area contributed by atoms with Crippen LogP contribution < -0.4 is 5.56 Å². The summed E-state index contributed by atoms with van der Waals surface area (Å²) in [5.41, 5.74) is 1.78. The van der Waals surface area contributed by atoms with Gasteiger partial charge < -0.3 is 14.8 Å². The zero-order valence-corrected chi connectivity index (χ0v) is 14.9. The number of aryl methyl sites for hydroxylation is 2. The number of carbonyl (C=O) groups is 1. The molecule has 130 valence electrons. The largest absolute Gasteiger partial charge is 0.451 e. The standard InChI is InChI=1S/C18H18N2O4S/c1-9-11(3)25-17-14(9)16(22)19-15(20-17)10(2)24-18(23)13-6-4-12(8-21)5-7-13/h4-7,10,21H,8H2,1-3H3,(H,19,20,22)/t10-/m1/s1. The summed E-state index contributed by atoms with van der Waals surface area (Å²) < 4.78 is 5.41. The van der Waals surface area contributed by atoms with Crippen LogP contribution in [-0.2, 0) is 11.3 Å². The molecule has 2 heterocycles. The summed E-state index contributed by atoms with van der Waals surface area (Å²) >= 11 is 1.45. The van der Waals surface area contributed by atoms with E-state index in [4.69, 9.17) is 9.84 Å². The van der Waals surface area contributed by atoms with Gasteiger partial charge in [-0.1, -0.05) is 12.1 Å². The van der Waals surface area contributed by atoms with Crippen LogP contribution in [0.1, 0.15) is 45.2 Å². The maximum absolute atomic E-state index is 12.3. The summed E-state index contributed by atoms with van der Waals surface area (Å²) in [5, 5.41) is 9.63. The lowest BCUT2D eigenvalue weighted by Crippen LogP contribution is -2.17. The van der Waals surface area contributed by atoms with Gasteiger partial charge in [-0.15, -0.1) is 11.3 Å². The van der Waals surface area contributed by atoms with Crippen LogP contribution in [0.2, 0.25) is 0 Å². The van der Waals surface area contributed by atoms with E-state index in [-0.39, 0.29) is 12.2 Å². The molecule has 2 aromatic heterocycles. The molecule has 1 atom stereocenters. The lowest BCUT2D eigenvalue weighted by atomic mass is 10.1. The second-order valence-corrected chi connectivity index (χ2v) is 7.02. The number of H-pyrrole nitrogens is 1. The Morgan fingerprint density at radius 1 is 1.32 bits per heavy atom. The number of benzene rings is 1. The number of ether oxygens (including phenoxy) is 1. The first-order valence-electron chi connectivity index (χ1n) is 7.81. The van der Waals surface area contributed by atoms with E-state index in [1.807, 2.05) is 13.8 Å². The molecule has 2 N–H and O–H groups in total. The number of fused-ring (bicyclic) bond motifs is 1. The van der Waals surface area contributed by atoms with Crippen LogP contribution in [0.4, 0.5) is 0 Å². The van der Waals surface area contributed by atoms with Gasteiger partial charge in [-0.2, -0.15) is 0 Å². The highest BCUT2D eigenvalue weighted by Gasteiger charge is 2.19. The van der Waals surface area contributed by atoms with Crippen LogP contribution >= 0.6 is 11.3 Å². The van der Waals surface area contributed by atoms with E-state index in [9.17, 15) is 9.59 Å². The van der Waals surface area contributed by atoms with Gasteiger partial charge >= 0.3 is 5.97 Å². The van der Waals surface area contributed by atoms with Gasteiger partial charge in [-0.3, -0.25) is 4.79 Å². The van der Waals surface area contributed by atoms with Crippen molar-refractivity contribution >= 4 is 27.5 Å². The van der Waals surface area contributed by atoms with Crippen LogP contribution in [0, 0.1) is 13.8 Å². The third-order valence-electron chi connectivity index (χ3n) is 4.10. The smallest absolute Gasteiger partial charge is 0.338 e. The van der Waals surface area contributed by atoms with Gasteiger partial charge in [-0.25, -0.2) is 9.78 Å². The number of thiophene rings is 1. The molecule has 0 saturated heterocycles. The van der Waals surface area contributed by atoms with Crippen molar-refractivity contribution in [2.45, 2.75) is 33.5 Å². The quantitative estimate of drug-likeness (QED) is 0.700. The van der Waals surface area contributed by atoms with Crippen molar-refractivity contribution in [2.75, 3.05) is 0 Å². The molecule has 6 nitrogen and oxygen atoms in total. The van der Waals surface area contributed by atoms with Crippen molar-refractivity contribution in [1.82, 2.24) is 9.97 Å². The summed E-state index contributed by atoms with van der Waals surface area (Å²) in [5.74, 6) is -0.197. The molecule has 0 radical (unpaired) electrons. The SMILES string of the molecule is Cc1sc2nc([C@@H](C)OC(=O)c3ccc(CO)cc3)[nH]c(=O)c2c1C. The highest BCUT2D eigenvalue weighted by molar-refractivity contribution is 7.18. The van der Waals surface area contributed by atoms with Crippen LogP contribution in [0.3, 0.4) is 0 Å². The number of nitrogens with one attached hydrogen (secondary N) is 1. The number of aliphatic hydroxyl groups is 1. The molecule has 3 aromatic rings. The molecule has 0 aliphatic rings. The second kappa shape index (κ2) is 6.78. The zero-order chi connectivity index (χ0) is 18.1. The van der Waals surface area contributed by atoms with E-state index in [0.717, 1.165) is 10.4 Å². The Morgan fingerprint density at radius 3 is 2.64 bits per heavy atom. The van der Waals surface area contributed by atoms with Crippen LogP contribution in [-0.4, -0.2) is 21.0 Å². The Balaban J connectivity index is 1.85. The first-order chi connectivity index (χ1) is 11.9. The minimum Gasteiger partial charge on any atom is -0.451 e. The lowest BCUT2D eigenvalue weighted by Gasteiger charge is -2.12. The maximum atomic E-state index is 12.3. The molecule has 0 spiro atoms. The van der Waals surface area contributed by atoms with Gasteiger partial charge in [0.25, 0.3) is 5.56 Å². The number of aromatic amines is 1. The van der Waals surface area contributed by atoms with E-state index in [1.165, 1.54) is 11.3 Å². The number of nitrogens with zero attached hydrogens (tertiary/aromatic N) is 1. The number of esters is 1. The number of rotatable bonds is 4. The Labute approximate surface area is 148 Å². The van der Waals surface area contributed by atoms with Crippen molar-refractivity contribution in [3.05, 3.63) is 62.0 Å². The summed E-state index contributed by atoms with van der Waals surface area (Å²) in [6.45, 7) is 5.42. The minimum absolute atomic E-state index is 0.0868. The third kappa shape index (κ3) is 3.33. The average Bonchev–Trinajstić information content (AvgIpc) is 2.89. The van der Waals surface area contributed by atoms with Crippen LogP contribution in [0.15, 0.2) is 29.1 Å². The summed E-state index contributed by atoms with van der Waals surface area (Å²) in [6, 6.07) is 6.49. The number of carbonyl (C=O) groups excluding carboxylic acids is 1. The van der Waals surface area contributed by atoms with Gasteiger partial charge in [0.05, 0.1) is 17.6 Å². The number of hydrogen-bond donors (Lipinski definition) is 2. The Morgan fingerprint density at radius 2 is 2.00 bits per heavy atom. The average molecular weight is 358 g/mol. The predicted molar refractivity (Wildman–Crippen MR) is 95.9 cm³/mol. The van der Waals surface area contributed by atoms with E-state index < -0.39 is 12.1 Å². The highest BCUT2D eigenvalue weighted by Crippen LogP contribution is 2.27. The van der Waals surface area contributed by atoms with Gasteiger partial charge in [0, 0.05) is 4.88 Å². The number of aromatic nitrogens is 2. The molecule has 0 bridgehead atoms. The predicted octanol–water partition coefficient (Wildman–Crippen LogP) is 3.01. The first-order valence-corrected chi connectivity index (χ1v) is 8.63. The van der Waals surface area contributed by atoms with Crippen molar-refractivity contribution in [2.24, 2.45) is 0 Å². The third-order valence-corrected chi connectivity index (χ3v) is 5.20. The summed E-state index contributed by atoms with van der Waals surface area (Å²) in [7, 11) is 0. The summed E-state index contributed by atoms with van der Waals surface area (Å²) in [4.78, 5) is 33.4. The first kappa shape index (κ1) is 17.3. The lowest BCUT2D eigenvalue weighted by molar-refractivity contribution is 0.0320. The van der Waals surface area contributed by atoms with Gasteiger partial charge in [0.2, 0.25) is 0 Å². The van der Waals surface area contributed by atoms with Crippen molar-refractivity contribution in [3.8, 4) is 0 Å².